The van der Waals surface area contributed by atoms with E-state index >= 15 is 0 Å². The van der Waals surface area contributed by atoms with Crippen LogP contribution < -0.4 is 14.8 Å². The number of carbonyl (C=O) groups excluding carboxylic acids is 2. The average molecular weight is 560 g/mol. The third-order valence-electron chi connectivity index (χ3n) is 7.51. The van der Waals surface area contributed by atoms with Gasteiger partial charge in [-0.05, 0) is 73.0 Å². The number of hydrogen-bond donors (Lipinski definition) is 2. The molecule has 2 amide bonds. The van der Waals surface area contributed by atoms with Crippen molar-refractivity contribution in [2.75, 3.05) is 12.4 Å². The molecule has 0 saturated heterocycles. The maximum absolute atomic E-state index is 12.9. The molecular formula is C31H33N3O5S. The van der Waals surface area contributed by atoms with Crippen LogP contribution in [0.4, 0.5) is 5.69 Å². The third-order valence-corrected chi connectivity index (χ3v) is 9.00. The minimum atomic E-state index is -4.03. The Bertz CT molecular complexity index is 1670. The van der Waals surface area contributed by atoms with Crippen LogP contribution in [0.25, 0.3) is 10.9 Å². The molecule has 2 N–H and O–H groups in total. The third kappa shape index (κ3) is 6.04. The molecule has 0 aliphatic heterocycles. The van der Waals surface area contributed by atoms with Crippen LogP contribution >= 0.6 is 0 Å². The van der Waals surface area contributed by atoms with Gasteiger partial charge in [-0.25, -0.2) is 13.1 Å². The van der Waals surface area contributed by atoms with Crippen LogP contribution in [-0.2, 0) is 21.4 Å². The smallest absolute Gasteiger partial charge is 0.265 e. The summed E-state index contributed by atoms with van der Waals surface area (Å²) in [5.41, 5.74) is 3.23. The number of aryl methyl sites for hydroxylation is 1. The van der Waals surface area contributed by atoms with Gasteiger partial charge >= 0.3 is 0 Å². The number of nitrogens with one attached hydrogen (secondary N) is 2. The lowest BCUT2D eigenvalue weighted by Gasteiger charge is -2.14. The largest absolute Gasteiger partial charge is 0.496 e. The number of rotatable bonds is 9. The van der Waals surface area contributed by atoms with Crippen LogP contribution in [0.2, 0.25) is 0 Å². The highest BCUT2D eigenvalue weighted by atomic mass is 32.2. The van der Waals surface area contributed by atoms with Gasteiger partial charge in [0.25, 0.3) is 15.9 Å². The van der Waals surface area contributed by atoms with Gasteiger partial charge in [-0.1, -0.05) is 43.2 Å². The molecule has 1 aromatic heterocycles. The normalized spacial score (nSPS) is 13.8. The van der Waals surface area contributed by atoms with E-state index in [1.807, 2.05) is 35.0 Å². The predicted octanol–water partition coefficient (Wildman–Crippen LogP) is 5.64. The summed E-state index contributed by atoms with van der Waals surface area (Å²) in [4.78, 5) is 25.5. The number of ether oxygens (including phenoxy) is 1. The fourth-order valence-electron chi connectivity index (χ4n) is 5.38. The Kier molecular flexibility index (Phi) is 7.93. The first-order valence-corrected chi connectivity index (χ1v) is 14.9. The number of anilines is 1. The van der Waals surface area contributed by atoms with Crippen LogP contribution in [0, 0.1) is 12.8 Å². The Morgan fingerprint density at radius 1 is 1.00 bits per heavy atom. The summed E-state index contributed by atoms with van der Waals surface area (Å²) in [5.74, 6) is 0.248. The first-order valence-electron chi connectivity index (χ1n) is 13.4. The summed E-state index contributed by atoms with van der Waals surface area (Å²) >= 11 is 0. The van der Waals surface area contributed by atoms with Crippen molar-refractivity contribution in [3.05, 3.63) is 89.6 Å². The number of methoxy groups -OCH3 is 1. The summed E-state index contributed by atoms with van der Waals surface area (Å²) < 4.78 is 35.3. The predicted molar refractivity (Wildman–Crippen MR) is 155 cm³/mol. The first kappa shape index (κ1) is 27.5. The Morgan fingerprint density at radius 2 is 1.77 bits per heavy atom. The minimum Gasteiger partial charge on any atom is -0.496 e. The zero-order valence-corrected chi connectivity index (χ0v) is 23.5. The number of fused-ring (bicyclic) bond motifs is 1. The molecule has 0 unspecified atom stereocenters. The topological polar surface area (TPSA) is 106 Å². The van der Waals surface area contributed by atoms with Gasteiger partial charge in [0.1, 0.15) is 5.75 Å². The molecule has 8 nitrogen and oxygen atoms in total. The lowest BCUT2D eigenvalue weighted by atomic mass is 10.0. The Balaban J connectivity index is 1.32. The summed E-state index contributed by atoms with van der Waals surface area (Å²) in [5, 5.41) is 4.08. The van der Waals surface area contributed by atoms with Crippen molar-refractivity contribution in [2.24, 2.45) is 5.92 Å². The summed E-state index contributed by atoms with van der Waals surface area (Å²) in [7, 11) is -2.52. The SMILES string of the molecule is COc1cc(C(=O)NS(=O)(=O)c2ccccc2C)ccc1Cn1ccc2ccc(NC(=O)CC3CCCC3)cc21. The van der Waals surface area contributed by atoms with Crippen LogP contribution in [0.3, 0.4) is 0 Å². The van der Waals surface area contributed by atoms with E-state index in [0.717, 1.165) is 35.0 Å². The number of aromatic nitrogens is 1. The average Bonchev–Trinajstić information content (AvgIpc) is 3.58. The molecule has 5 rings (SSSR count). The fourth-order valence-corrected chi connectivity index (χ4v) is 6.60. The van der Waals surface area contributed by atoms with E-state index in [4.69, 9.17) is 4.74 Å². The number of nitrogens with zero attached hydrogens (tertiary/aromatic N) is 1. The number of sulfonamides is 1. The Morgan fingerprint density at radius 3 is 2.52 bits per heavy atom. The molecule has 9 heteroatoms. The van der Waals surface area contributed by atoms with Crippen molar-refractivity contribution in [3.63, 3.8) is 0 Å². The molecule has 0 radical (unpaired) electrons. The molecule has 1 saturated carbocycles. The molecule has 1 heterocycles. The maximum Gasteiger partial charge on any atom is 0.265 e. The highest BCUT2D eigenvalue weighted by Crippen LogP contribution is 2.29. The fraction of sp³-hybridized carbons (Fsp3) is 0.290. The van der Waals surface area contributed by atoms with Crippen LogP contribution in [0.1, 0.15) is 53.6 Å². The number of carbonyl (C=O) groups is 2. The van der Waals surface area contributed by atoms with Gasteiger partial charge in [0.15, 0.2) is 0 Å². The summed E-state index contributed by atoms with van der Waals surface area (Å²) in [6.07, 6.45) is 7.18. The molecule has 40 heavy (non-hydrogen) atoms. The minimum absolute atomic E-state index is 0.0457. The van der Waals surface area contributed by atoms with Gasteiger partial charge in [-0.3, -0.25) is 9.59 Å². The van der Waals surface area contributed by atoms with Gasteiger partial charge in [-0.15, -0.1) is 0 Å². The molecule has 1 aliphatic carbocycles. The van der Waals surface area contributed by atoms with E-state index in [1.165, 1.54) is 26.0 Å². The zero-order chi connectivity index (χ0) is 28.3. The Hall–Kier alpha value is -4.11. The van der Waals surface area contributed by atoms with Crippen LogP contribution in [0.15, 0.2) is 77.8 Å². The number of benzene rings is 3. The molecule has 3 aromatic carbocycles. The second kappa shape index (κ2) is 11.6. The van der Waals surface area contributed by atoms with Gasteiger partial charge in [0, 0.05) is 29.4 Å². The number of hydrogen-bond acceptors (Lipinski definition) is 5. The van der Waals surface area contributed by atoms with Crippen molar-refractivity contribution < 1.29 is 22.7 Å². The lowest BCUT2D eigenvalue weighted by Crippen LogP contribution is -2.31. The van der Waals surface area contributed by atoms with Gasteiger partial charge in [-0.2, -0.15) is 0 Å². The van der Waals surface area contributed by atoms with E-state index in [0.29, 0.717) is 30.2 Å². The second-order valence-corrected chi connectivity index (χ2v) is 12.0. The molecule has 0 bridgehead atoms. The monoisotopic (exact) mass is 559 g/mol. The van der Waals surface area contributed by atoms with Gasteiger partial charge in [0.05, 0.1) is 24.1 Å². The zero-order valence-electron chi connectivity index (χ0n) is 22.6. The Labute approximate surface area is 234 Å². The van der Waals surface area contributed by atoms with E-state index in [1.54, 1.807) is 43.3 Å². The molecule has 208 valence electrons. The molecule has 1 aliphatic rings. The molecule has 1 fully saturated rings. The highest BCUT2D eigenvalue weighted by molar-refractivity contribution is 7.90. The van der Waals surface area contributed by atoms with Crippen molar-refractivity contribution in [1.82, 2.24) is 9.29 Å². The van der Waals surface area contributed by atoms with Crippen molar-refractivity contribution in [2.45, 2.75) is 50.5 Å². The highest BCUT2D eigenvalue weighted by Gasteiger charge is 2.22. The van der Waals surface area contributed by atoms with E-state index in [-0.39, 0.29) is 16.4 Å². The second-order valence-electron chi connectivity index (χ2n) is 10.3. The van der Waals surface area contributed by atoms with Crippen molar-refractivity contribution in [3.8, 4) is 5.75 Å². The molecule has 4 aromatic rings. The molecular weight excluding hydrogens is 526 g/mol. The van der Waals surface area contributed by atoms with Crippen molar-refractivity contribution in [1.29, 1.82) is 0 Å². The summed E-state index contributed by atoms with van der Waals surface area (Å²) in [6.45, 7) is 2.13. The standard InChI is InChI=1S/C31H33N3O5S/c1-21-7-3-6-10-29(21)40(37,38)33-31(36)24-11-12-25(28(18-24)39-2)20-34-16-15-23-13-14-26(19-27(23)34)32-30(35)17-22-8-4-5-9-22/h3,6-7,10-16,18-19,22H,4-5,8-9,17,20H2,1-2H3,(H,32,35)(H,33,36). The molecule has 0 spiro atoms. The van der Waals surface area contributed by atoms with Crippen LogP contribution in [0.5, 0.6) is 5.75 Å². The van der Waals surface area contributed by atoms with E-state index in [2.05, 4.69) is 10.0 Å². The van der Waals surface area contributed by atoms with Crippen molar-refractivity contribution >= 4 is 38.4 Å². The summed E-state index contributed by atoms with van der Waals surface area (Å²) in [6, 6.07) is 19.2. The lowest BCUT2D eigenvalue weighted by molar-refractivity contribution is -0.117. The van der Waals surface area contributed by atoms with Gasteiger partial charge in [0.2, 0.25) is 5.91 Å². The maximum atomic E-state index is 12.9. The van der Waals surface area contributed by atoms with Gasteiger partial charge < -0.3 is 14.6 Å². The van der Waals surface area contributed by atoms with E-state index < -0.39 is 15.9 Å². The van der Waals surface area contributed by atoms with Crippen LogP contribution in [-0.4, -0.2) is 31.9 Å². The quantitative estimate of drug-likeness (QED) is 0.276. The first-order chi connectivity index (χ1) is 19.2. The number of amides is 2. The van der Waals surface area contributed by atoms with E-state index in [9.17, 15) is 18.0 Å². The molecule has 0 atom stereocenters.